The molecule has 2 heterocycles. The molecule has 9 heteroatoms. The molecule has 0 saturated carbocycles. The third-order valence-corrected chi connectivity index (χ3v) is 5.27. The van der Waals surface area contributed by atoms with E-state index in [4.69, 9.17) is 4.99 Å². The van der Waals surface area contributed by atoms with E-state index in [0.29, 0.717) is 25.6 Å². The van der Waals surface area contributed by atoms with Crippen molar-refractivity contribution < 1.29 is 0 Å². The molecule has 0 aliphatic carbocycles. The van der Waals surface area contributed by atoms with Gasteiger partial charge in [-0.15, -0.1) is 34.2 Å². The maximum absolute atomic E-state index is 4.78. The molecule has 8 nitrogen and oxygen atoms in total. The van der Waals surface area contributed by atoms with Crippen LogP contribution in [0.5, 0.6) is 0 Å². The van der Waals surface area contributed by atoms with Crippen LogP contribution in [0.3, 0.4) is 0 Å². The highest BCUT2D eigenvalue weighted by Crippen LogP contribution is 2.14. The molecule has 33 heavy (non-hydrogen) atoms. The summed E-state index contributed by atoms with van der Waals surface area (Å²) in [7, 11) is 1.96. The van der Waals surface area contributed by atoms with Gasteiger partial charge in [-0.2, -0.15) is 5.10 Å². The molecule has 0 saturated heterocycles. The Morgan fingerprint density at radius 3 is 2.33 bits per heavy atom. The van der Waals surface area contributed by atoms with Gasteiger partial charge in [0.1, 0.15) is 5.82 Å². The molecule has 0 aliphatic rings. The van der Waals surface area contributed by atoms with Crippen LogP contribution in [0.2, 0.25) is 0 Å². The molecule has 0 aliphatic heterocycles. The van der Waals surface area contributed by atoms with E-state index in [1.54, 1.807) is 0 Å². The number of aromatic nitrogens is 5. The number of aryl methyl sites for hydroxylation is 2. The maximum Gasteiger partial charge on any atom is 0.192 e. The fraction of sp³-hybridized carbons (Fsp3) is 0.250. The van der Waals surface area contributed by atoms with Crippen molar-refractivity contribution in [3.63, 3.8) is 0 Å². The minimum absolute atomic E-state index is 0. The van der Waals surface area contributed by atoms with Crippen LogP contribution in [0.4, 0.5) is 0 Å². The normalized spacial score (nSPS) is 11.2. The van der Waals surface area contributed by atoms with Gasteiger partial charge in [0.25, 0.3) is 0 Å². The molecule has 0 amide bonds. The SMILES string of the molecule is Cc1ccn(-c2ccccc2CNC(=NCc2ccccc2)NCc2nnc(C)n2C)n1.I. The fourth-order valence-corrected chi connectivity index (χ4v) is 3.31. The quantitative estimate of drug-likeness (QED) is 0.206. The Labute approximate surface area is 211 Å². The van der Waals surface area contributed by atoms with Gasteiger partial charge in [-0.1, -0.05) is 48.5 Å². The van der Waals surface area contributed by atoms with E-state index in [0.717, 1.165) is 34.2 Å². The molecule has 4 rings (SSSR count). The predicted molar refractivity (Wildman–Crippen MR) is 141 cm³/mol. The number of guanidine groups is 1. The second kappa shape index (κ2) is 11.6. The van der Waals surface area contributed by atoms with Crippen LogP contribution in [-0.4, -0.2) is 30.5 Å². The van der Waals surface area contributed by atoms with Gasteiger partial charge in [-0.25, -0.2) is 9.67 Å². The highest BCUT2D eigenvalue weighted by atomic mass is 127. The maximum atomic E-state index is 4.78. The van der Waals surface area contributed by atoms with Crippen molar-refractivity contribution in [2.24, 2.45) is 12.0 Å². The zero-order valence-electron chi connectivity index (χ0n) is 19.1. The third kappa shape index (κ3) is 6.41. The number of benzene rings is 2. The van der Waals surface area contributed by atoms with Crippen LogP contribution < -0.4 is 10.6 Å². The van der Waals surface area contributed by atoms with Crippen LogP contribution in [0, 0.1) is 13.8 Å². The smallest absolute Gasteiger partial charge is 0.192 e. The predicted octanol–water partition coefficient (Wildman–Crippen LogP) is 3.67. The molecule has 4 aromatic rings. The molecule has 0 atom stereocenters. The monoisotopic (exact) mass is 556 g/mol. The van der Waals surface area contributed by atoms with Crippen molar-refractivity contribution in [1.29, 1.82) is 0 Å². The second-order valence-electron chi connectivity index (χ2n) is 7.61. The van der Waals surface area contributed by atoms with E-state index < -0.39 is 0 Å². The highest BCUT2D eigenvalue weighted by Gasteiger charge is 2.09. The van der Waals surface area contributed by atoms with Crippen molar-refractivity contribution in [3.05, 3.63) is 95.3 Å². The number of nitrogens with zero attached hydrogens (tertiary/aromatic N) is 6. The molecule has 172 valence electrons. The molecule has 0 spiro atoms. The summed E-state index contributed by atoms with van der Waals surface area (Å²) in [5.74, 6) is 2.44. The molecule has 2 aromatic carbocycles. The van der Waals surface area contributed by atoms with E-state index >= 15 is 0 Å². The summed E-state index contributed by atoms with van der Waals surface area (Å²) in [4.78, 5) is 4.78. The minimum atomic E-state index is 0. The molecule has 2 N–H and O–H groups in total. The molecular formula is C24H29IN8. The van der Waals surface area contributed by atoms with E-state index in [1.165, 1.54) is 0 Å². The first-order valence-electron chi connectivity index (χ1n) is 10.6. The first-order valence-corrected chi connectivity index (χ1v) is 10.6. The van der Waals surface area contributed by atoms with Gasteiger partial charge < -0.3 is 15.2 Å². The first kappa shape index (κ1) is 24.4. The molecule has 0 unspecified atom stereocenters. The lowest BCUT2D eigenvalue weighted by molar-refractivity contribution is 0.712. The zero-order chi connectivity index (χ0) is 22.3. The molecule has 0 bridgehead atoms. The Kier molecular flexibility index (Phi) is 8.58. The van der Waals surface area contributed by atoms with Crippen LogP contribution >= 0.6 is 24.0 Å². The van der Waals surface area contributed by atoms with Crippen LogP contribution in [0.1, 0.15) is 28.5 Å². The van der Waals surface area contributed by atoms with E-state index in [-0.39, 0.29) is 24.0 Å². The van der Waals surface area contributed by atoms with Gasteiger partial charge >= 0.3 is 0 Å². The Hall–Kier alpha value is -3.21. The summed E-state index contributed by atoms with van der Waals surface area (Å²) >= 11 is 0. The Morgan fingerprint density at radius 2 is 1.64 bits per heavy atom. The molecular weight excluding hydrogens is 527 g/mol. The number of aliphatic imine (C=N–C) groups is 1. The van der Waals surface area contributed by atoms with Crippen LogP contribution in [0.25, 0.3) is 5.69 Å². The number of para-hydroxylation sites is 1. The van der Waals surface area contributed by atoms with Crippen molar-refractivity contribution in [2.45, 2.75) is 33.5 Å². The minimum Gasteiger partial charge on any atom is -0.352 e. The van der Waals surface area contributed by atoms with Crippen molar-refractivity contribution in [3.8, 4) is 5.69 Å². The highest BCUT2D eigenvalue weighted by molar-refractivity contribution is 14.0. The van der Waals surface area contributed by atoms with Gasteiger partial charge in [-0.05, 0) is 37.1 Å². The number of halogens is 1. The number of nitrogens with one attached hydrogen (secondary N) is 2. The third-order valence-electron chi connectivity index (χ3n) is 5.27. The molecule has 0 fully saturated rings. The standard InChI is InChI=1S/C24H28N8.HI/c1-18-13-14-32(30-18)22-12-8-7-11-21(22)16-26-24(25-15-20-9-5-4-6-10-20)27-17-23-29-28-19(2)31(23)3;/h4-14H,15-17H2,1-3H3,(H2,25,26,27);1H. The summed E-state index contributed by atoms with van der Waals surface area (Å²) in [6.07, 6.45) is 1.98. The Balaban J connectivity index is 0.00000306. The largest absolute Gasteiger partial charge is 0.352 e. The summed E-state index contributed by atoms with van der Waals surface area (Å²) < 4.78 is 3.88. The lowest BCUT2D eigenvalue weighted by Crippen LogP contribution is -2.37. The van der Waals surface area contributed by atoms with Crippen molar-refractivity contribution in [2.75, 3.05) is 0 Å². The van der Waals surface area contributed by atoms with E-state index in [2.05, 4.69) is 50.2 Å². The molecule has 0 radical (unpaired) electrons. The fourth-order valence-electron chi connectivity index (χ4n) is 3.31. The van der Waals surface area contributed by atoms with E-state index in [1.807, 2.05) is 72.7 Å². The first-order chi connectivity index (χ1) is 15.6. The summed E-state index contributed by atoms with van der Waals surface area (Å²) in [6, 6.07) is 20.4. The lowest BCUT2D eigenvalue weighted by atomic mass is 10.2. The number of rotatable bonds is 7. The van der Waals surface area contributed by atoms with Gasteiger partial charge in [0.2, 0.25) is 0 Å². The Bertz CT molecular complexity index is 1200. The Morgan fingerprint density at radius 1 is 0.909 bits per heavy atom. The van der Waals surface area contributed by atoms with Crippen LogP contribution in [-0.2, 0) is 26.7 Å². The van der Waals surface area contributed by atoms with Gasteiger partial charge in [-0.3, -0.25) is 0 Å². The number of hydrogen-bond acceptors (Lipinski definition) is 4. The van der Waals surface area contributed by atoms with Gasteiger partial charge in [0.05, 0.1) is 24.5 Å². The van der Waals surface area contributed by atoms with Gasteiger partial charge in [0, 0.05) is 19.8 Å². The molecule has 2 aromatic heterocycles. The zero-order valence-corrected chi connectivity index (χ0v) is 21.4. The van der Waals surface area contributed by atoms with E-state index in [9.17, 15) is 0 Å². The summed E-state index contributed by atoms with van der Waals surface area (Å²) in [5, 5.41) is 19.8. The van der Waals surface area contributed by atoms with Crippen molar-refractivity contribution in [1.82, 2.24) is 35.2 Å². The number of hydrogen-bond donors (Lipinski definition) is 2. The lowest BCUT2D eigenvalue weighted by Gasteiger charge is -2.15. The van der Waals surface area contributed by atoms with Crippen molar-refractivity contribution >= 4 is 29.9 Å². The van der Waals surface area contributed by atoms with Gasteiger partial charge in [0.15, 0.2) is 11.8 Å². The average molecular weight is 556 g/mol. The average Bonchev–Trinajstić information content (AvgIpc) is 3.39. The topological polar surface area (TPSA) is 85.0 Å². The second-order valence-corrected chi connectivity index (χ2v) is 7.61. The summed E-state index contributed by atoms with van der Waals surface area (Å²) in [6.45, 7) is 5.64. The summed E-state index contributed by atoms with van der Waals surface area (Å²) in [5.41, 5.74) is 4.30. The van der Waals surface area contributed by atoms with Crippen LogP contribution in [0.15, 0.2) is 71.9 Å².